The van der Waals surface area contributed by atoms with Crippen molar-refractivity contribution in [1.29, 1.82) is 0 Å². The van der Waals surface area contributed by atoms with Crippen LogP contribution in [-0.2, 0) is 4.79 Å². The zero-order valence-corrected chi connectivity index (χ0v) is 13.2. The fourth-order valence-electron chi connectivity index (χ4n) is 2.82. The van der Waals surface area contributed by atoms with Gasteiger partial charge < -0.3 is 14.4 Å². The van der Waals surface area contributed by atoms with E-state index in [2.05, 4.69) is 13.1 Å². The van der Waals surface area contributed by atoms with Crippen LogP contribution >= 0.6 is 0 Å². The topological polar surface area (TPSA) is 40.0 Å². The van der Waals surface area contributed by atoms with Gasteiger partial charge in [0.1, 0.15) is 23.3 Å². The zero-order chi connectivity index (χ0) is 15.4. The van der Waals surface area contributed by atoms with E-state index >= 15 is 0 Å². The van der Waals surface area contributed by atoms with Gasteiger partial charge in [0.15, 0.2) is 0 Å². The predicted molar refractivity (Wildman–Crippen MR) is 83.0 cm³/mol. The second kappa shape index (κ2) is 6.76. The van der Waals surface area contributed by atoms with Crippen molar-refractivity contribution in [1.82, 2.24) is 0 Å². The third-order valence-corrected chi connectivity index (χ3v) is 4.08. The van der Waals surface area contributed by atoms with Gasteiger partial charge in [-0.2, -0.15) is 0 Å². The molecule has 0 saturated carbocycles. The van der Waals surface area contributed by atoms with E-state index in [1.165, 1.54) is 10.5 Å². The maximum atomic E-state index is 11.4. The Bertz CT molecular complexity index is 551. The molecule has 0 saturated heterocycles. The van der Waals surface area contributed by atoms with Crippen LogP contribution in [0.2, 0.25) is 0 Å². The number of hydrogen-bond acceptors (Lipinski definition) is 3. The molecule has 0 spiro atoms. The summed E-state index contributed by atoms with van der Waals surface area (Å²) in [5, 5.41) is 0. The lowest BCUT2D eigenvalue weighted by Crippen LogP contribution is -3.13. The number of rotatable bonds is 5. The highest BCUT2D eigenvalue weighted by Crippen LogP contribution is 2.32. The van der Waals surface area contributed by atoms with E-state index in [0.29, 0.717) is 6.42 Å². The highest BCUT2D eigenvalue weighted by molar-refractivity contribution is 5.78. The van der Waals surface area contributed by atoms with Crippen LogP contribution in [-0.4, -0.2) is 39.6 Å². The second-order valence-corrected chi connectivity index (χ2v) is 5.62. The molecule has 1 aliphatic heterocycles. The molecule has 0 fully saturated rings. The molecule has 0 aliphatic carbocycles. The molecule has 1 aromatic carbocycles. The Morgan fingerprint density at radius 2 is 2.10 bits per heavy atom. The van der Waals surface area contributed by atoms with Crippen LogP contribution < -0.4 is 14.4 Å². The summed E-state index contributed by atoms with van der Waals surface area (Å²) in [5.41, 5.74) is 2.31. The minimum absolute atomic E-state index is 0.231. The van der Waals surface area contributed by atoms with Crippen LogP contribution in [0.5, 0.6) is 11.5 Å². The molecule has 0 amide bonds. The van der Waals surface area contributed by atoms with Gasteiger partial charge in [0, 0.05) is 12.0 Å². The van der Waals surface area contributed by atoms with Crippen molar-refractivity contribution >= 4 is 11.4 Å². The minimum atomic E-state index is 0.231. The summed E-state index contributed by atoms with van der Waals surface area (Å²) in [4.78, 5) is 12.8. The molecule has 0 radical (unpaired) electrons. The van der Waals surface area contributed by atoms with Crippen LogP contribution in [0, 0.1) is 0 Å². The smallest absolute Gasteiger partial charge is 0.136 e. The Kier molecular flexibility index (Phi) is 5.02. The number of benzene rings is 1. The molecular weight excluding hydrogens is 266 g/mol. The normalized spacial score (nSPS) is 21.6. The largest absolute Gasteiger partial charge is 0.497 e. The molecule has 114 valence electrons. The summed E-state index contributed by atoms with van der Waals surface area (Å²) in [6.45, 7) is 2.67. The standard InChI is InChI=1S/C17H23NO3/c1-12(19)9-14-10-13(7-8-18(14)2)16-11-15(20-3)5-6-17(16)21-4/h5-6,10-11,14H,7-9H2,1-4H3/p+1. The van der Waals surface area contributed by atoms with Crippen molar-refractivity contribution in [3.05, 3.63) is 29.8 Å². The van der Waals surface area contributed by atoms with E-state index in [0.717, 1.165) is 30.0 Å². The van der Waals surface area contributed by atoms with E-state index in [1.807, 2.05) is 18.2 Å². The fraction of sp³-hybridized carbons (Fsp3) is 0.471. The van der Waals surface area contributed by atoms with E-state index in [-0.39, 0.29) is 11.8 Å². The molecule has 4 nitrogen and oxygen atoms in total. The van der Waals surface area contributed by atoms with E-state index in [4.69, 9.17) is 9.47 Å². The van der Waals surface area contributed by atoms with Gasteiger partial charge in [0.25, 0.3) is 0 Å². The highest BCUT2D eigenvalue weighted by Gasteiger charge is 2.25. The third kappa shape index (κ3) is 3.64. The van der Waals surface area contributed by atoms with Gasteiger partial charge in [-0.1, -0.05) is 0 Å². The number of ketones is 1. The highest BCUT2D eigenvalue weighted by atomic mass is 16.5. The van der Waals surface area contributed by atoms with Crippen molar-refractivity contribution in [2.45, 2.75) is 25.8 Å². The lowest BCUT2D eigenvalue weighted by atomic mass is 9.93. The van der Waals surface area contributed by atoms with E-state index in [1.54, 1.807) is 21.1 Å². The first-order valence-electron chi connectivity index (χ1n) is 7.30. The van der Waals surface area contributed by atoms with Gasteiger partial charge >= 0.3 is 0 Å². The molecular formula is C17H24NO3+. The second-order valence-electron chi connectivity index (χ2n) is 5.62. The number of Topliss-reactive ketones (excluding diaryl/α,β-unsaturated/α-hetero) is 1. The Balaban J connectivity index is 2.37. The number of methoxy groups -OCH3 is 2. The quantitative estimate of drug-likeness (QED) is 0.890. The number of hydrogen-bond donors (Lipinski definition) is 1. The summed E-state index contributed by atoms with van der Waals surface area (Å²) >= 11 is 0. The summed E-state index contributed by atoms with van der Waals surface area (Å²) in [5.74, 6) is 1.90. The Labute approximate surface area is 126 Å². The van der Waals surface area contributed by atoms with Gasteiger partial charge in [-0.25, -0.2) is 0 Å². The molecule has 4 heteroatoms. The molecule has 2 atom stereocenters. The molecule has 1 aliphatic rings. The van der Waals surface area contributed by atoms with Crippen molar-refractivity contribution in [3.63, 3.8) is 0 Å². The average Bonchev–Trinajstić information content (AvgIpc) is 2.48. The molecule has 1 N–H and O–H groups in total. The van der Waals surface area contributed by atoms with Crippen LogP contribution in [0.4, 0.5) is 0 Å². The van der Waals surface area contributed by atoms with Gasteiger partial charge in [0.05, 0.1) is 34.2 Å². The molecule has 0 aromatic heterocycles. The number of carbonyl (C=O) groups excluding carboxylic acids is 1. The molecule has 2 rings (SSSR count). The van der Waals surface area contributed by atoms with Gasteiger partial charge in [0.2, 0.25) is 0 Å². The van der Waals surface area contributed by atoms with Crippen LogP contribution in [0.1, 0.15) is 25.3 Å². The maximum absolute atomic E-state index is 11.4. The lowest BCUT2D eigenvalue weighted by molar-refractivity contribution is -0.899. The summed E-state index contributed by atoms with van der Waals surface area (Å²) in [7, 11) is 5.49. The summed E-state index contributed by atoms with van der Waals surface area (Å²) in [6, 6.07) is 6.08. The maximum Gasteiger partial charge on any atom is 0.136 e. The molecule has 1 heterocycles. The van der Waals surface area contributed by atoms with Crippen LogP contribution in [0.3, 0.4) is 0 Å². The number of carbonyl (C=O) groups is 1. The van der Waals surface area contributed by atoms with Crippen LogP contribution in [0.25, 0.3) is 5.57 Å². The van der Waals surface area contributed by atoms with Gasteiger partial charge in [-0.15, -0.1) is 0 Å². The summed E-state index contributed by atoms with van der Waals surface area (Å²) < 4.78 is 10.8. The molecule has 1 aromatic rings. The molecule has 21 heavy (non-hydrogen) atoms. The van der Waals surface area contributed by atoms with Crippen molar-refractivity contribution in [2.24, 2.45) is 0 Å². The average molecular weight is 290 g/mol. The van der Waals surface area contributed by atoms with E-state index < -0.39 is 0 Å². The van der Waals surface area contributed by atoms with Crippen molar-refractivity contribution in [3.8, 4) is 11.5 Å². The first-order chi connectivity index (χ1) is 10.0. The Morgan fingerprint density at radius 1 is 1.33 bits per heavy atom. The van der Waals surface area contributed by atoms with Gasteiger partial charge in [-0.05, 0) is 36.8 Å². The number of quaternary nitrogens is 1. The Hall–Kier alpha value is -1.81. The van der Waals surface area contributed by atoms with Gasteiger partial charge in [-0.3, -0.25) is 4.79 Å². The molecule has 0 bridgehead atoms. The first-order valence-corrected chi connectivity index (χ1v) is 7.30. The first kappa shape index (κ1) is 15.6. The molecule has 2 unspecified atom stereocenters. The fourth-order valence-corrected chi connectivity index (χ4v) is 2.82. The van der Waals surface area contributed by atoms with Crippen molar-refractivity contribution in [2.75, 3.05) is 27.8 Å². The number of nitrogens with one attached hydrogen (secondary N) is 1. The number of likely N-dealkylation sites (N-methyl/N-ethyl adjacent to an activating group) is 1. The lowest BCUT2D eigenvalue weighted by Gasteiger charge is -2.28. The minimum Gasteiger partial charge on any atom is -0.497 e. The third-order valence-electron chi connectivity index (χ3n) is 4.08. The monoisotopic (exact) mass is 290 g/mol. The predicted octanol–water partition coefficient (Wildman–Crippen LogP) is 1.35. The Morgan fingerprint density at radius 3 is 2.71 bits per heavy atom. The number of ether oxygens (including phenoxy) is 2. The van der Waals surface area contributed by atoms with Crippen molar-refractivity contribution < 1.29 is 19.2 Å². The SMILES string of the molecule is COc1ccc(OC)c(C2=CC(CC(C)=O)[NH+](C)CC2)c1. The zero-order valence-electron chi connectivity index (χ0n) is 13.2. The van der Waals surface area contributed by atoms with E-state index in [9.17, 15) is 4.79 Å². The van der Waals surface area contributed by atoms with Crippen LogP contribution in [0.15, 0.2) is 24.3 Å². The summed E-state index contributed by atoms with van der Waals surface area (Å²) in [6.07, 6.45) is 3.78.